The normalized spacial score (nSPS) is 24.8. The summed E-state index contributed by atoms with van der Waals surface area (Å²) in [6.07, 6.45) is 14.1. The van der Waals surface area contributed by atoms with Gasteiger partial charge in [0.05, 0.1) is 6.61 Å². The molecule has 0 bridgehead atoms. The number of hydrogen-bond donors (Lipinski definition) is 2. The number of hydrogen-bond acceptors (Lipinski definition) is 3. The van der Waals surface area contributed by atoms with E-state index in [1.165, 1.54) is 57.8 Å². The van der Waals surface area contributed by atoms with Crippen LogP contribution in [0.2, 0.25) is 0 Å². The molecule has 0 heterocycles. The molecule has 0 saturated heterocycles. The fraction of sp³-hybridized carbons (Fsp3) is 1.00. The fourth-order valence-electron chi connectivity index (χ4n) is 4.24. The number of aliphatic hydroxyl groups is 2. The monoisotopic (exact) mass is 283 g/mol. The minimum Gasteiger partial charge on any atom is -0.396 e. The second kappa shape index (κ2) is 8.35. The average molecular weight is 283 g/mol. The summed E-state index contributed by atoms with van der Waals surface area (Å²) in [7, 11) is 0. The van der Waals surface area contributed by atoms with Gasteiger partial charge < -0.3 is 10.2 Å². The Kier molecular flexibility index (Phi) is 6.79. The summed E-state index contributed by atoms with van der Waals surface area (Å²) in [5.74, 6) is 0. The maximum absolute atomic E-state index is 9.99. The smallest absolute Gasteiger partial charge is 0.0558 e. The largest absolute Gasteiger partial charge is 0.396 e. The van der Waals surface area contributed by atoms with E-state index in [2.05, 4.69) is 4.90 Å². The molecule has 3 nitrogen and oxygen atoms in total. The van der Waals surface area contributed by atoms with E-state index in [-0.39, 0.29) is 12.0 Å². The molecule has 2 aliphatic carbocycles. The number of rotatable bonds is 6. The van der Waals surface area contributed by atoms with Crippen LogP contribution in [-0.4, -0.2) is 47.5 Å². The molecule has 0 unspecified atom stereocenters. The van der Waals surface area contributed by atoms with E-state index < -0.39 is 0 Å². The molecule has 2 saturated carbocycles. The topological polar surface area (TPSA) is 43.7 Å². The fourth-order valence-corrected chi connectivity index (χ4v) is 4.24. The molecular formula is C17H33NO2. The molecule has 0 amide bonds. The van der Waals surface area contributed by atoms with Crippen LogP contribution in [0.5, 0.6) is 0 Å². The van der Waals surface area contributed by atoms with Crippen LogP contribution in [0.25, 0.3) is 0 Å². The van der Waals surface area contributed by atoms with E-state index in [1.807, 2.05) is 0 Å². The standard InChI is InChI=1S/C17H33NO2/c19-13-12-18(16-8-4-3-5-9-16)14-17(15-20)10-6-1-2-7-11-17/h16,19-20H,1-15H2. The summed E-state index contributed by atoms with van der Waals surface area (Å²) in [4.78, 5) is 2.50. The third-order valence-electron chi connectivity index (χ3n) is 5.52. The molecular weight excluding hydrogens is 250 g/mol. The van der Waals surface area contributed by atoms with Crippen LogP contribution in [0, 0.1) is 5.41 Å². The molecule has 0 atom stereocenters. The van der Waals surface area contributed by atoms with E-state index in [4.69, 9.17) is 0 Å². The molecule has 0 aromatic heterocycles. The molecule has 0 aromatic rings. The van der Waals surface area contributed by atoms with Crippen molar-refractivity contribution >= 4 is 0 Å². The highest BCUT2D eigenvalue weighted by molar-refractivity contribution is 4.87. The quantitative estimate of drug-likeness (QED) is 0.737. The first-order valence-corrected chi connectivity index (χ1v) is 8.75. The highest BCUT2D eigenvalue weighted by Crippen LogP contribution is 2.37. The lowest BCUT2D eigenvalue weighted by Gasteiger charge is -2.41. The van der Waals surface area contributed by atoms with Crippen LogP contribution < -0.4 is 0 Å². The Morgan fingerprint density at radius 2 is 1.45 bits per heavy atom. The van der Waals surface area contributed by atoms with Crippen LogP contribution in [0.15, 0.2) is 0 Å². The lowest BCUT2D eigenvalue weighted by atomic mass is 9.79. The molecule has 0 radical (unpaired) electrons. The Labute approximate surface area is 124 Å². The first kappa shape index (κ1) is 16.3. The predicted octanol–water partition coefficient (Wildman–Crippen LogP) is 2.95. The van der Waals surface area contributed by atoms with Crippen molar-refractivity contribution < 1.29 is 10.2 Å². The van der Waals surface area contributed by atoms with Crippen molar-refractivity contribution in [1.82, 2.24) is 4.90 Å². The highest BCUT2D eigenvalue weighted by atomic mass is 16.3. The zero-order valence-electron chi connectivity index (χ0n) is 13.0. The summed E-state index contributed by atoms with van der Waals surface area (Å²) < 4.78 is 0. The van der Waals surface area contributed by atoms with Gasteiger partial charge in [0.2, 0.25) is 0 Å². The third kappa shape index (κ3) is 4.44. The molecule has 118 valence electrons. The van der Waals surface area contributed by atoms with Crippen LogP contribution in [-0.2, 0) is 0 Å². The molecule has 3 heteroatoms. The Hall–Kier alpha value is -0.120. The van der Waals surface area contributed by atoms with Crippen LogP contribution in [0.4, 0.5) is 0 Å². The summed E-state index contributed by atoms with van der Waals surface area (Å²) in [6.45, 7) is 2.35. The molecule has 2 rings (SSSR count). The molecule has 0 spiro atoms. The van der Waals surface area contributed by atoms with E-state index in [9.17, 15) is 10.2 Å². The Balaban J connectivity index is 1.99. The first-order chi connectivity index (χ1) is 9.79. The van der Waals surface area contributed by atoms with Crippen molar-refractivity contribution in [2.45, 2.75) is 76.7 Å². The van der Waals surface area contributed by atoms with Gasteiger partial charge in [-0.15, -0.1) is 0 Å². The molecule has 0 aromatic carbocycles. The Morgan fingerprint density at radius 3 is 2.00 bits per heavy atom. The van der Waals surface area contributed by atoms with Gasteiger partial charge in [0.1, 0.15) is 0 Å². The van der Waals surface area contributed by atoms with Crippen molar-refractivity contribution in [2.24, 2.45) is 5.41 Å². The second-order valence-electron chi connectivity index (χ2n) is 7.06. The van der Waals surface area contributed by atoms with Crippen molar-refractivity contribution in [3.8, 4) is 0 Å². The van der Waals surface area contributed by atoms with E-state index in [0.29, 0.717) is 12.6 Å². The van der Waals surface area contributed by atoms with Crippen molar-refractivity contribution in [3.63, 3.8) is 0 Å². The summed E-state index contributed by atoms with van der Waals surface area (Å²) >= 11 is 0. The predicted molar refractivity (Wildman–Crippen MR) is 82.8 cm³/mol. The Morgan fingerprint density at radius 1 is 0.850 bits per heavy atom. The SMILES string of the molecule is OCCN(CC1(CO)CCCCCC1)C1CCCCC1. The van der Waals surface area contributed by atoms with Crippen molar-refractivity contribution in [3.05, 3.63) is 0 Å². The molecule has 0 aliphatic heterocycles. The van der Waals surface area contributed by atoms with Crippen molar-refractivity contribution in [1.29, 1.82) is 0 Å². The van der Waals surface area contributed by atoms with Gasteiger partial charge in [0.25, 0.3) is 0 Å². The van der Waals surface area contributed by atoms with E-state index in [1.54, 1.807) is 0 Å². The average Bonchev–Trinajstić information content (AvgIpc) is 2.74. The van der Waals surface area contributed by atoms with Gasteiger partial charge in [-0.3, -0.25) is 4.90 Å². The van der Waals surface area contributed by atoms with Gasteiger partial charge >= 0.3 is 0 Å². The van der Waals surface area contributed by atoms with Gasteiger partial charge in [-0.05, 0) is 25.7 Å². The van der Waals surface area contributed by atoms with E-state index >= 15 is 0 Å². The van der Waals surface area contributed by atoms with Gasteiger partial charge in [-0.1, -0.05) is 44.9 Å². The maximum atomic E-state index is 9.99. The second-order valence-corrected chi connectivity index (χ2v) is 7.06. The van der Waals surface area contributed by atoms with Gasteiger partial charge in [0, 0.05) is 31.2 Å². The minimum absolute atomic E-state index is 0.100. The summed E-state index contributed by atoms with van der Waals surface area (Å²) in [5, 5.41) is 19.4. The molecule has 2 fully saturated rings. The summed E-state index contributed by atoms with van der Waals surface area (Å²) in [6, 6.07) is 0.641. The molecule has 20 heavy (non-hydrogen) atoms. The van der Waals surface area contributed by atoms with Gasteiger partial charge in [-0.2, -0.15) is 0 Å². The molecule has 2 N–H and O–H groups in total. The summed E-state index contributed by atoms with van der Waals surface area (Å²) in [5.41, 5.74) is 0.100. The zero-order valence-corrected chi connectivity index (χ0v) is 13.0. The maximum Gasteiger partial charge on any atom is 0.0558 e. The highest BCUT2D eigenvalue weighted by Gasteiger charge is 2.34. The van der Waals surface area contributed by atoms with Crippen LogP contribution in [0.3, 0.4) is 0 Å². The van der Waals surface area contributed by atoms with Crippen molar-refractivity contribution in [2.75, 3.05) is 26.3 Å². The third-order valence-corrected chi connectivity index (χ3v) is 5.52. The number of nitrogens with zero attached hydrogens (tertiary/aromatic N) is 1. The number of aliphatic hydroxyl groups excluding tert-OH is 2. The Bertz CT molecular complexity index is 256. The lowest BCUT2D eigenvalue weighted by Crippen LogP contribution is -2.47. The van der Waals surface area contributed by atoms with Gasteiger partial charge in [0.15, 0.2) is 0 Å². The first-order valence-electron chi connectivity index (χ1n) is 8.75. The van der Waals surface area contributed by atoms with E-state index in [0.717, 1.165) is 25.9 Å². The van der Waals surface area contributed by atoms with Crippen LogP contribution >= 0.6 is 0 Å². The molecule has 2 aliphatic rings. The van der Waals surface area contributed by atoms with Gasteiger partial charge in [-0.25, -0.2) is 0 Å². The lowest BCUT2D eigenvalue weighted by molar-refractivity contribution is 0.0247. The van der Waals surface area contributed by atoms with Crippen LogP contribution in [0.1, 0.15) is 70.6 Å². The minimum atomic E-state index is 0.100. The zero-order chi connectivity index (χ0) is 14.3.